The van der Waals surface area contributed by atoms with Crippen LogP contribution < -0.4 is 5.43 Å². The van der Waals surface area contributed by atoms with Gasteiger partial charge < -0.3 is 0 Å². The molecule has 2 aromatic carbocycles. The van der Waals surface area contributed by atoms with Gasteiger partial charge in [0.05, 0.1) is 16.0 Å². The Labute approximate surface area is 161 Å². The molecule has 3 rings (SSSR count). The van der Waals surface area contributed by atoms with Gasteiger partial charge in [0, 0.05) is 23.0 Å². The van der Waals surface area contributed by atoms with Crippen molar-refractivity contribution in [3.8, 4) is 0 Å². The third kappa shape index (κ3) is 4.58. The molecular weight excluding hydrogens is 386 g/mol. The number of halogens is 1. The Morgan fingerprint density at radius 3 is 2.07 bits per heavy atom. The Morgan fingerprint density at radius 2 is 1.48 bits per heavy atom. The Balaban J connectivity index is 1.70. The number of nitrogens with zero attached hydrogens (tertiary/aromatic N) is 2. The van der Waals surface area contributed by atoms with Crippen molar-refractivity contribution in [2.24, 2.45) is 5.10 Å². The molecule has 8 heteroatoms. The highest BCUT2D eigenvalue weighted by molar-refractivity contribution is 7.91. The van der Waals surface area contributed by atoms with Crippen LogP contribution in [0.25, 0.3) is 0 Å². The standard InChI is InChI=1S/C19H14ClN3O3S/c20-16-3-7-18(8-4-16)27(25,26)17-5-1-14(2-6-17)13-22-23-19(24)15-9-11-21-12-10-15/h1-13H,(H,23,24)/b22-13+. The number of sulfone groups is 1. The summed E-state index contributed by atoms with van der Waals surface area (Å²) in [6.07, 6.45) is 4.45. The van der Waals surface area contributed by atoms with E-state index in [1.54, 1.807) is 24.3 Å². The molecule has 1 aromatic heterocycles. The van der Waals surface area contributed by atoms with Crippen molar-refractivity contribution in [3.05, 3.63) is 89.2 Å². The molecule has 1 heterocycles. The third-order valence-corrected chi connectivity index (χ3v) is 5.67. The van der Waals surface area contributed by atoms with E-state index in [1.807, 2.05) is 0 Å². The minimum Gasteiger partial charge on any atom is -0.267 e. The zero-order valence-corrected chi connectivity index (χ0v) is 15.5. The second kappa shape index (κ2) is 8.11. The van der Waals surface area contributed by atoms with Crippen molar-refractivity contribution in [1.82, 2.24) is 10.4 Å². The number of carbonyl (C=O) groups excluding carboxylic acids is 1. The summed E-state index contributed by atoms with van der Waals surface area (Å²) in [4.78, 5) is 16.0. The quantitative estimate of drug-likeness (QED) is 0.526. The lowest BCUT2D eigenvalue weighted by Crippen LogP contribution is -2.17. The third-order valence-electron chi connectivity index (χ3n) is 3.64. The predicted molar refractivity (Wildman–Crippen MR) is 103 cm³/mol. The van der Waals surface area contributed by atoms with E-state index in [4.69, 9.17) is 11.6 Å². The topological polar surface area (TPSA) is 88.5 Å². The molecule has 0 aliphatic rings. The first-order valence-corrected chi connectivity index (χ1v) is 9.67. The molecule has 1 N–H and O–H groups in total. The summed E-state index contributed by atoms with van der Waals surface area (Å²) in [7, 11) is -3.62. The number of carbonyl (C=O) groups is 1. The van der Waals surface area contributed by atoms with Gasteiger partial charge in [-0.15, -0.1) is 0 Å². The minimum absolute atomic E-state index is 0.155. The van der Waals surface area contributed by atoms with Crippen molar-refractivity contribution in [1.29, 1.82) is 0 Å². The van der Waals surface area contributed by atoms with Gasteiger partial charge in [0.25, 0.3) is 5.91 Å². The van der Waals surface area contributed by atoms with Crippen LogP contribution in [-0.4, -0.2) is 25.5 Å². The molecule has 0 fully saturated rings. The zero-order chi connectivity index (χ0) is 19.3. The highest BCUT2D eigenvalue weighted by atomic mass is 35.5. The van der Waals surface area contributed by atoms with Crippen LogP contribution in [0.1, 0.15) is 15.9 Å². The molecule has 6 nitrogen and oxygen atoms in total. The van der Waals surface area contributed by atoms with Crippen LogP contribution in [0.4, 0.5) is 0 Å². The van der Waals surface area contributed by atoms with E-state index in [0.717, 1.165) is 0 Å². The number of hydrogen-bond acceptors (Lipinski definition) is 5. The normalized spacial score (nSPS) is 11.4. The van der Waals surface area contributed by atoms with Crippen molar-refractivity contribution in [2.75, 3.05) is 0 Å². The lowest BCUT2D eigenvalue weighted by Gasteiger charge is -2.05. The van der Waals surface area contributed by atoms with Gasteiger partial charge in [0.15, 0.2) is 0 Å². The van der Waals surface area contributed by atoms with E-state index in [1.165, 1.54) is 55.0 Å². The van der Waals surface area contributed by atoms with Crippen molar-refractivity contribution >= 4 is 33.6 Å². The molecule has 0 aliphatic heterocycles. The molecule has 27 heavy (non-hydrogen) atoms. The van der Waals surface area contributed by atoms with E-state index < -0.39 is 9.84 Å². The number of nitrogens with one attached hydrogen (secondary N) is 1. The fourth-order valence-corrected chi connectivity index (χ4v) is 3.60. The Hall–Kier alpha value is -3.03. The van der Waals surface area contributed by atoms with Gasteiger partial charge in [-0.3, -0.25) is 9.78 Å². The number of hydrazone groups is 1. The zero-order valence-electron chi connectivity index (χ0n) is 13.9. The number of rotatable bonds is 5. The molecule has 0 saturated heterocycles. The molecule has 0 bridgehead atoms. The first kappa shape index (κ1) is 18.8. The Bertz CT molecular complexity index is 1070. The summed E-state index contributed by atoms with van der Waals surface area (Å²) in [5.74, 6) is -0.365. The van der Waals surface area contributed by atoms with Gasteiger partial charge in [-0.05, 0) is 54.1 Å². The fourth-order valence-electron chi connectivity index (χ4n) is 2.22. The van der Waals surface area contributed by atoms with Crippen LogP contribution in [0.5, 0.6) is 0 Å². The summed E-state index contributed by atoms with van der Waals surface area (Å²) >= 11 is 5.80. The van der Waals surface area contributed by atoms with Gasteiger partial charge in [-0.2, -0.15) is 5.10 Å². The molecule has 0 unspecified atom stereocenters. The Morgan fingerprint density at radius 1 is 0.926 bits per heavy atom. The summed E-state index contributed by atoms with van der Waals surface area (Å²) in [6, 6.07) is 15.3. The van der Waals surface area contributed by atoms with Gasteiger partial charge in [0.2, 0.25) is 9.84 Å². The van der Waals surface area contributed by atoms with Crippen LogP contribution in [0.3, 0.4) is 0 Å². The smallest absolute Gasteiger partial charge is 0.267 e. The molecule has 3 aromatic rings. The van der Waals surface area contributed by atoms with Crippen molar-refractivity contribution < 1.29 is 13.2 Å². The fraction of sp³-hybridized carbons (Fsp3) is 0. The number of amides is 1. The molecule has 0 atom stereocenters. The number of hydrogen-bond donors (Lipinski definition) is 1. The number of aromatic nitrogens is 1. The summed E-state index contributed by atoms with van der Waals surface area (Å²) < 4.78 is 25.2. The average Bonchev–Trinajstić information content (AvgIpc) is 2.69. The highest BCUT2D eigenvalue weighted by Crippen LogP contribution is 2.22. The predicted octanol–water partition coefficient (Wildman–Crippen LogP) is 3.33. The maximum Gasteiger partial charge on any atom is 0.271 e. The molecule has 0 spiro atoms. The van der Waals surface area contributed by atoms with Crippen LogP contribution >= 0.6 is 11.6 Å². The van der Waals surface area contributed by atoms with Crippen LogP contribution in [0, 0.1) is 0 Å². The molecule has 0 saturated carbocycles. The lowest BCUT2D eigenvalue weighted by molar-refractivity contribution is 0.0955. The monoisotopic (exact) mass is 399 g/mol. The van der Waals surface area contributed by atoms with Gasteiger partial charge in [0.1, 0.15) is 0 Å². The maximum absolute atomic E-state index is 12.6. The van der Waals surface area contributed by atoms with E-state index in [9.17, 15) is 13.2 Å². The van der Waals surface area contributed by atoms with Gasteiger partial charge in [-0.1, -0.05) is 23.7 Å². The molecule has 1 amide bonds. The van der Waals surface area contributed by atoms with Crippen LogP contribution in [0.15, 0.2) is 87.9 Å². The minimum atomic E-state index is -3.62. The van der Waals surface area contributed by atoms with Crippen molar-refractivity contribution in [2.45, 2.75) is 9.79 Å². The number of pyridine rings is 1. The highest BCUT2D eigenvalue weighted by Gasteiger charge is 2.17. The largest absolute Gasteiger partial charge is 0.271 e. The number of benzene rings is 2. The van der Waals surface area contributed by atoms with Crippen molar-refractivity contribution in [3.63, 3.8) is 0 Å². The lowest BCUT2D eigenvalue weighted by atomic mass is 10.2. The molecule has 136 valence electrons. The average molecular weight is 400 g/mol. The summed E-state index contributed by atoms with van der Waals surface area (Å²) in [5.41, 5.74) is 3.47. The molecular formula is C19H14ClN3O3S. The second-order valence-corrected chi connectivity index (χ2v) is 7.85. The molecule has 0 aliphatic carbocycles. The first-order chi connectivity index (χ1) is 13.0. The summed E-state index contributed by atoms with van der Waals surface area (Å²) in [5, 5.41) is 4.34. The summed E-state index contributed by atoms with van der Waals surface area (Å²) in [6.45, 7) is 0. The molecule has 0 radical (unpaired) electrons. The van der Waals surface area contributed by atoms with E-state index in [0.29, 0.717) is 16.1 Å². The maximum atomic E-state index is 12.6. The van der Waals surface area contributed by atoms with Gasteiger partial charge in [-0.25, -0.2) is 13.8 Å². The van der Waals surface area contributed by atoms with E-state index in [2.05, 4.69) is 15.5 Å². The SMILES string of the molecule is O=C(N/N=C/c1ccc(S(=O)(=O)c2ccc(Cl)cc2)cc1)c1ccncc1. The van der Waals surface area contributed by atoms with Crippen LogP contribution in [0.2, 0.25) is 5.02 Å². The van der Waals surface area contributed by atoms with E-state index >= 15 is 0 Å². The Kier molecular flexibility index (Phi) is 5.63. The van der Waals surface area contributed by atoms with Crippen LogP contribution in [-0.2, 0) is 9.84 Å². The van der Waals surface area contributed by atoms with E-state index in [-0.39, 0.29) is 15.7 Å². The first-order valence-electron chi connectivity index (χ1n) is 7.81. The second-order valence-electron chi connectivity index (χ2n) is 5.46. The van der Waals surface area contributed by atoms with Gasteiger partial charge >= 0.3 is 0 Å².